The lowest BCUT2D eigenvalue weighted by Crippen LogP contribution is -2.56. The molecule has 2 aromatic carbocycles. The Morgan fingerprint density at radius 3 is 2.09 bits per heavy atom. The van der Waals surface area contributed by atoms with Gasteiger partial charge in [-0.15, -0.1) is 0 Å². The largest absolute Gasteiger partial charge is 0.497 e. The lowest BCUT2D eigenvalue weighted by molar-refractivity contribution is 0.0523. The topological polar surface area (TPSA) is 65.0 Å². The van der Waals surface area contributed by atoms with Crippen molar-refractivity contribution in [2.24, 2.45) is 0 Å². The van der Waals surface area contributed by atoms with Gasteiger partial charge in [0.15, 0.2) is 0 Å². The lowest BCUT2D eigenvalue weighted by Gasteiger charge is -2.45. The second kappa shape index (κ2) is 16.1. The van der Waals surface area contributed by atoms with Gasteiger partial charge in [-0.1, -0.05) is 49.7 Å². The Kier molecular flexibility index (Phi) is 13.8. The third-order valence-corrected chi connectivity index (χ3v) is 5.39. The molecule has 2 heterocycles. The number of rotatable bonds is 2. The number of carbonyl (C=O) groups is 1. The van der Waals surface area contributed by atoms with Crippen LogP contribution in [0, 0.1) is 6.92 Å². The van der Waals surface area contributed by atoms with Crippen molar-refractivity contribution >= 4 is 11.7 Å². The van der Waals surface area contributed by atoms with Crippen LogP contribution < -0.4 is 10.1 Å². The quantitative estimate of drug-likeness (QED) is 0.683. The van der Waals surface area contributed by atoms with Gasteiger partial charge in [0.2, 0.25) is 0 Å². The van der Waals surface area contributed by atoms with Gasteiger partial charge in [-0.3, -0.25) is 4.90 Å². The maximum absolute atomic E-state index is 12.4. The van der Waals surface area contributed by atoms with Gasteiger partial charge >= 0.3 is 6.03 Å². The average molecular weight is 444 g/mol. The van der Waals surface area contributed by atoms with Gasteiger partial charge in [0, 0.05) is 38.5 Å². The van der Waals surface area contributed by atoms with Crippen molar-refractivity contribution in [3.05, 3.63) is 60.2 Å². The number of carbonyl (C=O) groups excluding carboxylic acids is 1. The first kappa shape index (κ1) is 27.5. The number of anilines is 1. The fraction of sp³-hybridized carbons (Fsp3) is 0.500. The van der Waals surface area contributed by atoms with Crippen LogP contribution in [0.15, 0.2) is 54.6 Å². The van der Waals surface area contributed by atoms with E-state index in [1.54, 1.807) is 7.11 Å². The highest BCUT2D eigenvalue weighted by Crippen LogP contribution is 2.22. The van der Waals surface area contributed by atoms with E-state index in [4.69, 9.17) is 9.84 Å². The standard InChI is InChI=1S/C16H23N3O2.C7H8.C2H6.CH4O/c1-21-15-6-4-13(5-7-15)17-16(20)19-10-3-2-9-18-11-8-14(18)12-19;1-7-5-3-2-4-6-7;2*1-2/h4-7,14H,2-3,8-12H2,1H3,(H,17,20);2-6H,1H3;1-2H3;2H,1H3/t14-;;;/m1.../s1. The number of fused-ring (bicyclic) bond motifs is 1. The van der Waals surface area contributed by atoms with E-state index < -0.39 is 0 Å². The number of nitrogens with one attached hydrogen (secondary N) is 1. The van der Waals surface area contributed by atoms with Crippen LogP contribution in [0.3, 0.4) is 0 Å². The molecule has 2 saturated heterocycles. The Morgan fingerprint density at radius 2 is 1.59 bits per heavy atom. The predicted molar refractivity (Wildman–Crippen MR) is 133 cm³/mol. The fourth-order valence-electron chi connectivity index (χ4n) is 3.55. The van der Waals surface area contributed by atoms with Crippen LogP contribution in [0.5, 0.6) is 5.75 Å². The van der Waals surface area contributed by atoms with Crippen molar-refractivity contribution in [2.45, 2.75) is 46.1 Å². The van der Waals surface area contributed by atoms with E-state index in [1.807, 2.05) is 61.2 Å². The average Bonchev–Trinajstić information content (AvgIpc) is 2.83. The minimum absolute atomic E-state index is 0.00826. The van der Waals surface area contributed by atoms with Crippen LogP contribution in [-0.2, 0) is 0 Å². The third kappa shape index (κ3) is 9.28. The third-order valence-electron chi connectivity index (χ3n) is 5.39. The first-order chi connectivity index (χ1) is 15.7. The van der Waals surface area contributed by atoms with Gasteiger partial charge in [0.05, 0.1) is 7.11 Å². The fourth-order valence-corrected chi connectivity index (χ4v) is 3.55. The van der Waals surface area contributed by atoms with Crippen LogP contribution in [0.25, 0.3) is 0 Å². The summed E-state index contributed by atoms with van der Waals surface area (Å²) in [5, 5.41) is 9.98. The summed E-state index contributed by atoms with van der Waals surface area (Å²) in [6.45, 7) is 10.2. The predicted octanol–water partition coefficient (Wildman–Crippen LogP) is 5.03. The molecule has 6 nitrogen and oxygen atoms in total. The lowest BCUT2D eigenvalue weighted by atomic mass is 10.00. The highest BCUT2D eigenvalue weighted by atomic mass is 16.5. The Morgan fingerprint density at radius 1 is 0.969 bits per heavy atom. The zero-order chi connectivity index (χ0) is 23.8. The molecule has 0 aliphatic carbocycles. The second-order valence-corrected chi connectivity index (χ2v) is 7.44. The summed E-state index contributed by atoms with van der Waals surface area (Å²) < 4.78 is 5.13. The van der Waals surface area contributed by atoms with Crippen LogP contribution in [0.4, 0.5) is 10.5 Å². The molecule has 0 bridgehead atoms. The molecule has 2 fully saturated rings. The van der Waals surface area contributed by atoms with E-state index in [0.717, 1.165) is 38.1 Å². The second-order valence-electron chi connectivity index (χ2n) is 7.44. The molecular formula is C26H41N3O3. The number of benzene rings is 2. The number of aryl methyl sites for hydroxylation is 1. The Hall–Kier alpha value is -2.57. The molecule has 0 unspecified atom stereocenters. The van der Waals surface area contributed by atoms with Crippen molar-refractivity contribution < 1.29 is 14.6 Å². The van der Waals surface area contributed by atoms with Crippen molar-refractivity contribution in [3.8, 4) is 5.75 Å². The Bertz CT molecular complexity index is 738. The van der Waals surface area contributed by atoms with Crippen molar-refractivity contribution in [2.75, 3.05) is 45.7 Å². The van der Waals surface area contributed by atoms with E-state index in [1.165, 1.54) is 31.5 Å². The number of aliphatic hydroxyl groups is 1. The van der Waals surface area contributed by atoms with Gasteiger partial charge in [-0.25, -0.2) is 4.79 Å². The molecule has 0 aromatic heterocycles. The molecule has 2 N–H and O–H groups in total. The molecule has 6 heteroatoms. The molecule has 178 valence electrons. The number of urea groups is 1. The highest BCUT2D eigenvalue weighted by Gasteiger charge is 2.31. The minimum atomic E-state index is 0.00826. The summed E-state index contributed by atoms with van der Waals surface area (Å²) >= 11 is 0. The maximum Gasteiger partial charge on any atom is 0.321 e. The molecule has 4 rings (SSSR count). The molecule has 0 saturated carbocycles. The van der Waals surface area contributed by atoms with Crippen molar-refractivity contribution in [3.63, 3.8) is 0 Å². The van der Waals surface area contributed by atoms with E-state index in [-0.39, 0.29) is 6.03 Å². The van der Waals surface area contributed by atoms with Crippen LogP contribution in [0.1, 0.15) is 38.7 Å². The van der Waals surface area contributed by atoms with Crippen LogP contribution >= 0.6 is 0 Å². The Labute approximate surface area is 194 Å². The number of methoxy groups -OCH3 is 1. The first-order valence-corrected chi connectivity index (χ1v) is 11.6. The normalized spacial score (nSPS) is 17.1. The highest BCUT2D eigenvalue weighted by molar-refractivity contribution is 5.89. The monoisotopic (exact) mass is 443 g/mol. The van der Waals surface area contributed by atoms with Crippen molar-refractivity contribution in [1.82, 2.24) is 9.80 Å². The SMILES string of the molecule is CC.CO.COc1ccc(NC(=O)N2CCCCN3CC[C@@H]3C2)cc1.Cc1ccccc1. The molecule has 0 spiro atoms. The number of nitrogens with zero attached hydrogens (tertiary/aromatic N) is 2. The van der Waals surface area contributed by atoms with Crippen LogP contribution in [-0.4, -0.2) is 67.4 Å². The van der Waals surface area contributed by atoms with E-state index in [0.29, 0.717) is 6.04 Å². The van der Waals surface area contributed by atoms with Gasteiger partial charge in [-0.2, -0.15) is 0 Å². The molecule has 32 heavy (non-hydrogen) atoms. The summed E-state index contributed by atoms with van der Waals surface area (Å²) in [5.74, 6) is 0.796. The molecule has 1 atom stereocenters. The Balaban J connectivity index is 0.000000390. The number of hydrogen-bond acceptors (Lipinski definition) is 4. The summed E-state index contributed by atoms with van der Waals surface area (Å²) in [7, 11) is 2.64. The maximum atomic E-state index is 12.4. The van der Waals surface area contributed by atoms with E-state index in [9.17, 15) is 4.79 Å². The zero-order valence-electron chi connectivity index (χ0n) is 20.4. The molecule has 0 radical (unpaired) electrons. The van der Waals surface area contributed by atoms with Gasteiger partial charge in [0.25, 0.3) is 0 Å². The minimum Gasteiger partial charge on any atom is -0.497 e. The number of amides is 2. The smallest absolute Gasteiger partial charge is 0.321 e. The molecule has 2 aromatic rings. The van der Waals surface area contributed by atoms with Gasteiger partial charge in [-0.05, 0) is 57.0 Å². The summed E-state index contributed by atoms with van der Waals surface area (Å²) in [6.07, 6.45) is 3.48. The molecule has 2 aliphatic rings. The first-order valence-electron chi connectivity index (χ1n) is 11.6. The van der Waals surface area contributed by atoms with Gasteiger partial charge < -0.3 is 20.1 Å². The number of ether oxygens (including phenoxy) is 1. The molecular weight excluding hydrogens is 402 g/mol. The molecule has 2 aliphatic heterocycles. The molecule has 2 amide bonds. The van der Waals surface area contributed by atoms with E-state index in [2.05, 4.69) is 29.3 Å². The summed E-state index contributed by atoms with van der Waals surface area (Å²) in [6, 6.07) is 18.3. The number of aliphatic hydroxyl groups excluding tert-OH is 1. The van der Waals surface area contributed by atoms with E-state index >= 15 is 0 Å². The van der Waals surface area contributed by atoms with Crippen LogP contribution in [0.2, 0.25) is 0 Å². The summed E-state index contributed by atoms with van der Waals surface area (Å²) in [5.41, 5.74) is 2.14. The summed E-state index contributed by atoms with van der Waals surface area (Å²) in [4.78, 5) is 16.9. The van der Waals surface area contributed by atoms with Crippen molar-refractivity contribution in [1.29, 1.82) is 0 Å². The van der Waals surface area contributed by atoms with Gasteiger partial charge in [0.1, 0.15) is 5.75 Å². The number of hydrogen-bond donors (Lipinski definition) is 2. The zero-order valence-corrected chi connectivity index (χ0v) is 20.4.